The highest BCUT2D eigenvalue weighted by Gasteiger charge is 2.33. The Morgan fingerprint density at radius 3 is 2.36 bits per heavy atom. The number of anilines is 1. The average Bonchev–Trinajstić information content (AvgIpc) is 3.58. The Hall–Kier alpha value is -4.14. The molecule has 1 heterocycles. The Kier molecular flexibility index (Phi) is 11.4. The fourth-order valence-electron chi connectivity index (χ4n) is 7.18. The van der Waals surface area contributed by atoms with E-state index in [1.165, 1.54) is 18.1 Å². The first kappa shape index (κ1) is 34.2. The summed E-state index contributed by atoms with van der Waals surface area (Å²) in [5, 5.41) is 7.51. The summed E-state index contributed by atoms with van der Waals surface area (Å²) < 4.78 is 12.3. The molecule has 0 unspecified atom stereocenters. The number of ether oxygens (including phenoxy) is 2. The van der Waals surface area contributed by atoms with Gasteiger partial charge in [0, 0.05) is 48.9 Å². The average molecular weight is 643 g/mol. The number of hydrogen-bond acceptors (Lipinski definition) is 6. The van der Waals surface area contributed by atoms with Crippen LogP contribution in [0.15, 0.2) is 54.9 Å². The number of carbonyl (C=O) groups excluding carboxylic acids is 3. The predicted molar refractivity (Wildman–Crippen MR) is 183 cm³/mol. The fraction of sp³-hybridized carbons (Fsp3) is 0.526. The van der Waals surface area contributed by atoms with E-state index in [9.17, 15) is 14.4 Å². The number of carbonyl (C=O) groups is 3. The van der Waals surface area contributed by atoms with E-state index in [1.54, 1.807) is 7.11 Å². The summed E-state index contributed by atoms with van der Waals surface area (Å²) in [5.41, 5.74) is 5.55. The quantitative estimate of drug-likeness (QED) is 0.226. The number of amides is 2. The van der Waals surface area contributed by atoms with Crippen LogP contribution in [0.4, 0.5) is 5.69 Å². The van der Waals surface area contributed by atoms with E-state index in [-0.39, 0.29) is 36.4 Å². The van der Waals surface area contributed by atoms with Crippen molar-refractivity contribution in [1.82, 2.24) is 15.1 Å². The molecule has 0 atom stereocenters. The number of nitrogens with zero attached hydrogens (tertiary/aromatic N) is 3. The molecule has 1 N–H and O–H groups in total. The zero-order chi connectivity index (χ0) is 33.5. The zero-order valence-corrected chi connectivity index (χ0v) is 28.5. The molecule has 2 fully saturated rings. The molecule has 1 aromatic heterocycles. The maximum atomic E-state index is 14.4. The number of methoxy groups -OCH3 is 1. The van der Waals surface area contributed by atoms with Crippen LogP contribution in [0.2, 0.25) is 0 Å². The fourth-order valence-corrected chi connectivity index (χ4v) is 7.18. The van der Waals surface area contributed by atoms with Crippen LogP contribution in [0.3, 0.4) is 0 Å². The molecule has 2 aliphatic rings. The number of benzene rings is 2. The second-order valence-electron chi connectivity index (χ2n) is 13.6. The monoisotopic (exact) mass is 642 g/mol. The van der Waals surface area contributed by atoms with Crippen LogP contribution in [0.25, 0.3) is 11.1 Å². The topological polar surface area (TPSA) is 103 Å². The SMILES string of the molecule is COc1ccc([C@H]2CC[C@H](CN(c3cccc(-c4cnn(C(C)C)c4)c3)C(=O)[C@H]3CC[C@H](NC(=O)COC(C)=O)CC3)CC2)cc1C. The molecule has 252 valence electrons. The van der Waals surface area contributed by atoms with E-state index < -0.39 is 5.97 Å². The summed E-state index contributed by atoms with van der Waals surface area (Å²) in [4.78, 5) is 39.7. The maximum Gasteiger partial charge on any atom is 0.303 e. The molecule has 2 amide bonds. The van der Waals surface area contributed by atoms with Gasteiger partial charge in [0.1, 0.15) is 5.75 Å². The number of aromatic nitrogens is 2. The van der Waals surface area contributed by atoms with Gasteiger partial charge < -0.3 is 19.7 Å². The molecule has 2 saturated carbocycles. The third-order valence-corrected chi connectivity index (χ3v) is 9.91. The van der Waals surface area contributed by atoms with Gasteiger partial charge in [0.15, 0.2) is 6.61 Å². The molecule has 0 spiro atoms. The van der Waals surface area contributed by atoms with Gasteiger partial charge in [-0.3, -0.25) is 19.1 Å². The second kappa shape index (κ2) is 15.6. The van der Waals surface area contributed by atoms with E-state index in [0.717, 1.165) is 61.1 Å². The first-order valence-electron chi connectivity index (χ1n) is 17.1. The highest BCUT2D eigenvalue weighted by molar-refractivity contribution is 5.95. The second-order valence-corrected chi connectivity index (χ2v) is 13.6. The number of nitrogens with one attached hydrogen (secondary N) is 1. The Balaban J connectivity index is 1.29. The molecule has 0 aliphatic heterocycles. The van der Waals surface area contributed by atoms with E-state index in [4.69, 9.17) is 9.47 Å². The minimum absolute atomic E-state index is 0.0201. The van der Waals surface area contributed by atoms with Gasteiger partial charge in [0.05, 0.1) is 13.3 Å². The highest BCUT2D eigenvalue weighted by atomic mass is 16.5. The molecule has 47 heavy (non-hydrogen) atoms. The Morgan fingerprint density at radius 2 is 1.72 bits per heavy atom. The van der Waals surface area contributed by atoms with Gasteiger partial charge in [-0.15, -0.1) is 0 Å². The molecule has 2 aromatic carbocycles. The molecule has 9 heteroatoms. The predicted octanol–water partition coefficient (Wildman–Crippen LogP) is 6.99. The van der Waals surface area contributed by atoms with Crippen LogP contribution in [0.5, 0.6) is 5.75 Å². The highest BCUT2D eigenvalue weighted by Crippen LogP contribution is 2.39. The van der Waals surface area contributed by atoms with Gasteiger partial charge in [-0.2, -0.15) is 5.10 Å². The first-order chi connectivity index (χ1) is 22.6. The molecular weight excluding hydrogens is 592 g/mol. The lowest BCUT2D eigenvalue weighted by Crippen LogP contribution is -2.44. The van der Waals surface area contributed by atoms with Crippen LogP contribution < -0.4 is 15.0 Å². The summed E-state index contributed by atoms with van der Waals surface area (Å²) >= 11 is 0. The molecule has 2 aliphatic carbocycles. The summed E-state index contributed by atoms with van der Waals surface area (Å²) in [5.74, 6) is 1.14. The van der Waals surface area contributed by atoms with Crippen molar-refractivity contribution < 1.29 is 23.9 Å². The summed E-state index contributed by atoms with van der Waals surface area (Å²) in [6.45, 7) is 8.04. The van der Waals surface area contributed by atoms with Crippen LogP contribution in [-0.4, -0.2) is 53.9 Å². The third kappa shape index (κ3) is 8.82. The van der Waals surface area contributed by atoms with Crippen molar-refractivity contribution in [2.24, 2.45) is 11.8 Å². The van der Waals surface area contributed by atoms with Crippen molar-refractivity contribution in [2.75, 3.05) is 25.2 Å². The Labute approximate surface area is 279 Å². The Morgan fingerprint density at radius 1 is 0.979 bits per heavy atom. The summed E-state index contributed by atoms with van der Waals surface area (Å²) in [6, 6.07) is 15.1. The van der Waals surface area contributed by atoms with E-state index in [1.807, 2.05) is 21.8 Å². The molecule has 0 radical (unpaired) electrons. The van der Waals surface area contributed by atoms with Crippen molar-refractivity contribution in [3.8, 4) is 16.9 Å². The molecule has 0 saturated heterocycles. The lowest BCUT2D eigenvalue weighted by molar-refractivity contribution is -0.146. The minimum atomic E-state index is -0.475. The summed E-state index contributed by atoms with van der Waals surface area (Å²) in [6.07, 6.45) is 11.2. The van der Waals surface area contributed by atoms with Crippen molar-refractivity contribution in [3.63, 3.8) is 0 Å². The molecule has 9 nitrogen and oxygen atoms in total. The largest absolute Gasteiger partial charge is 0.496 e. The van der Waals surface area contributed by atoms with Gasteiger partial charge in [0.25, 0.3) is 5.91 Å². The van der Waals surface area contributed by atoms with Crippen LogP contribution in [0.1, 0.15) is 95.2 Å². The third-order valence-electron chi connectivity index (χ3n) is 9.91. The number of esters is 1. The van der Waals surface area contributed by atoms with Crippen molar-refractivity contribution in [3.05, 3.63) is 66.0 Å². The maximum absolute atomic E-state index is 14.4. The number of aryl methyl sites for hydroxylation is 1. The molecular formula is C38H50N4O5. The lowest BCUT2D eigenvalue weighted by Gasteiger charge is -2.36. The van der Waals surface area contributed by atoms with E-state index in [2.05, 4.69) is 73.8 Å². The summed E-state index contributed by atoms with van der Waals surface area (Å²) in [7, 11) is 1.71. The number of hydrogen-bond donors (Lipinski definition) is 1. The van der Waals surface area contributed by atoms with Crippen LogP contribution in [-0.2, 0) is 19.1 Å². The first-order valence-corrected chi connectivity index (χ1v) is 17.1. The van der Waals surface area contributed by atoms with Gasteiger partial charge in [-0.1, -0.05) is 24.3 Å². The Bertz CT molecular complexity index is 1530. The van der Waals surface area contributed by atoms with Crippen molar-refractivity contribution >= 4 is 23.5 Å². The molecule has 5 rings (SSSR count). The smallest absolute Gasteiger partial charge is 0.303 e. The van der Waals surface area contributed by atoms with Gasteiger partial charge in [0.2, 0.25) is 5.91 Å². The minimum Gasteiger partial charge on any atom is -0.496 e. The van der Waals surface area contributed by atoms with Crippen molar-refractivity contribution in [2.45, 2.75) is 97.1 Å². The van der Waals surface area contributed by atoms with Crippen LogP contribution >= 0.6 is 0 Å². The number of rotatable bonds is 11. The normalized spacial score (nSPS) is 21.2. The lowest BCUT2D eigenvalue weighted by atomic mass is 9.78. The zero-order valence-electron chi connectivity index (χ0n) is 28.5. The van der Waals surface area contributed by atoms with E-state index in [0.29, 0.717) is 31.2 Å². The van der Waals surface area contributed by atoms with Gasteiger partial charge in [-0.25, -0.2) is 0 Å². The molecule has 0 bridgehead atoms. The van der Waals surface area contributed by atoms with E-state index >= 15 is 0 Å². The standard InChI is InChI=1S/C38H50N4O5/c1-25(2)42-23-33(21-39-42)31-7-6-8-35(20-31)41(38(45)30-13-16-34(17-14-30)40-37(44)24-47-27(4)43)22-28-9-11-29(12-10-28)32-15-18-36(46-5)26(3)19-32/h6-8,15,18-21,23,25,28-30,34H,9-14,16-17,22,24H2,1-5H3,(H,40,44)/t28-,29-,30-,34-. The van der Waals surface area contributed by atoms with Crippen LogP contribution in [0, 0.1) is 18.8 Å². The van der Waals surface area contributed by atoms with Gasteiger partial charge in [-0.05, 0) is 119 Å². The van der Waals surface area contributed by atoms with Crippen molar-refractivity contribution in [1.29, 1.82) is 0 Å². The molecule has 3 aromatic rings. The van der Waals surface area contributed by atoms with Gasteiger partial charge >= 0.3 is 5.97 Å².